The third kappa shape index (κ3) is 5.04. The Morgan fingerprint density at radius 1 is 1.23 bits per heavy atom. The fourth-order valence-electron chi connectivity index (χ4n) is 2.33. The van der Waals surface area contributed by atoms with Crippen LogP contribution in [-0.2, 0) is 10.2 Å². The summed E-state index contributed by atoms with van der Waals surface area (Å²) in [6.45, 7) is 7.11. The summed E-state index contributed by atoms with van der Waals surface area (Å²) < 4.78 is 41.8. The lowest BCUT2D eigenvalue weighted by molar-refractivity contribution is 0.158. The molecular formula is C16H29FN2O2S. The van der Waals surface area contributed by atoms with E-state index in [1.165, 1.54) is 37.8 Å². The maximum atomic E-state index is 14.1. The molecule has 22 heavy (non-hydrogen) atoms. The second-order valence-corrected chi connectivity index (χ2v) is 8.42. The van der Waals surface area contributed by atoms with Crippen molar-refractivity contribution in [3.63, 3.8) is 0 Å². The van der Waals surface area contributed by atoms with E-state index in [2.05, 4.69) is 18.6 Å². The van der Waals surface area contributed by atoms with E-state index in [1.807, 2.05) is 24.3 Å². The topological polar surface area (TPSA) is 49.4 Å². The molecule has 0 heterocycles. The average molecular weight is 332 g/mol. The van der Waals surface area contributed by atoms with Crippen LogP contribution < -0.4 is 4.72 Å². The number of hydrogen-bond acceptors (Lipinski definition) is 2. The predicted molar refractivity (Wildman–Crippen MR) is 90.9 cm³/mol. The number of benzene rings is 1. The Bertz CT molecular complexity index is 583. The van der Waals surface area contributed by atoms with Crippen molar-refractivity contribution in [3.8, 4) is 0 Å². The van der Waals surface area contributed by atoms with E-state index < -0.39 is 21.9 Å². The third-order valence-electron chi connectivity index (χ3n) is 3.74. The second-order valence-electron chi connectivity index (χ2n) is 6.49. The number of alkyl halides is 1. The van der Waals surface area contributed by atoms with Crippen molar-refractivity contribution in [1.82, 2.24) is 9.03 Å². The van der Waals surface area contributed by atoms with Crippen molar-refractivity contribution in [1.29, 1.82) is 0 Å². The molecular weight excluding hydrogens is 303 g/mol. The second kappa shape index (κ2) is 7.06. The Labute approximate surface area is 135 Å². The van der Waals surface area contributed by atoms with E-state index in [-0.39, 0.29) is 7.85 Å². The molecule has 0 amide bonds. The molecule has 0 spiro atoms. The minimum Gasteiger partial charge on any atom is -0.244 e. The Balaban J connectivity index is 0.00000484. The highest BCUT2D eigenvalue weighted by Gasteiger charge is 2.32. The zero-order valence-corrected chi connectivity index (χ0v) is 15.0. The lowest BCUT2D eigenvalue weighted by Gasteiger charge is -2.31. The molecule has 0 fully saturated rings. The summed E-state index contributed by atoms with van der Waals surface area (Å²) in [7, 11) is -0.804. The van der Waals surface area contributed by atoms with E-state index in [0.29, 0.717) is 5.92 Å². The maximum absolute atomic E-state index is 14.1. The third-order valence-corrected chi connectivity index (χ3v) is 5.27. The highest BCUT2D eigenvalue weighted by atomic mass is 32.2. The van der Waals surface area contributed by atoms with E-state index in [1.54, 1.807) is 0 Å². The lowest BCUT2D eigenvalue weighted by atomic mass is 9.93. The first-order chi connectivity index (χ1) is 9.98. The van der Waals surface area contributed by atoms with Gasteiger partial charge in [-0.3, -0.25) is 0 Å². The fraction of sp³-hybridized carbons (Fsp3) is 0.625. The molecule has 0 aromatic heterocycles. The monoisotopic (exact) mass is 332 g/mol. The molecule has 1 unspecified atom stereocenters. The smallest absolute Gasteiger partial charge is 0.244 e. The fourth-order valence-corrected chi connectivity index (χ4v) is 3.15. The quantitative estimate of drug-likeness (QED) is 0.829. The molecule has 1 aromatic rings. The van der Waals surface area contributed by atoms with Gasteiger partial charge in [0.15, 0.2) is 0 Å². The van der Waals surface area contributed by atoms with Gasteiger partial charge in [0.05, 0.1) is 6.04 Å². The first kappa shape index (κ1) is 19.1. The SMILES string of the molecule is CNS(=O)(=O)N(C)C(CC(C)(C)F)c1ccc(C(C)C)cc1.[HH]. The van der Waals surface area contributed by atoms with E-state index >= 15 is 0 Å². The molecule has 1 aromatic carbocycles. The van der Waals surface area contributed by atoms with Crippen LogP contribution in [0.3, 0.4) is 0 Å². The maximum Gasteiger partial charge on any atom is 0.279 e. The van der Waals surface area contributed by atoms with Gasteiger partial charge < -0.3 is 0 Å². The highest BCUT2D eigenvalue weighted by Crippen LogP contribution is 2.32. The van der Waals surface area contributed by atoms with E-state index in [4.69, 9.17) is 0 Å². The molecule has 0 aliphatic heterocycles. The molecule has 128 valence electrons. The summed E-state index contributed by atoms with van der Waals surface area (Å²) in [5, 5.41) is 0. The van der Waals surface area contributed by atoms with Crippen LogP contribution in [-0.4, -0.2) is 32.5 Å². The molecule has 0 aliphatic carbocycles. The van der Waals surface area contributed by atoms with Crippen LogP contribution in [0.25, 0.3) is 0 Å². The molecule has 1 rings (SSSR count). The van der Waals surface area contributed by atoms with Crippen molar-refractivity contribution in [3.05, 3.63) is 35.4 Å². The molecule has 4 nitrogen and oxygen atoms in total. The largest absolute Gasteiger partial charge is 0.279 e. The Morgan fingerprint density at radius 3 is 2.05 bits per heavy atom. The van der Waals surface area contributed by atoms with Gasteiger partial charge in [-0.2, -0.15) is 12.7 Å². The number of nitrogens with one attached hydrogen (secondary N) is 1. The van der Waals surface area contributed by atoms with Crippen LogP contribution in [0, 0.1) is 0 Å². The van der Waals surface area contributed by atoms with Gasteiger partial charge >= 0.3 is 0 Å². The van der Waals surface area contributed by atoms with Crippen LogP contribution in [0.2, 0.25) is 0 Å². The standard InChI is InChI=1S/C16H27FN2O2S.H2/c1-12(2)13-7-9-14(10-8-13)15(11-16(3,4)17)19(6)22(20,21)18-5;/h7-10,12,15,18H,11H2,1-6H3;1H. The van der Waals surface area contributed by atoms with Crippen molar-refractivity contribution >= 4 is 10.2 Å². The average Bonchev–Trinajstić information content (AvgIpc) is 2.43. The highest BCUT2D eigenvalue weighted by molar-refractivity contribution is 7.87. The lowest BCUT2D eigenvalue weighted by Crippen LogP contribution is -2.40. The Kier molecular flexibility index (Phi) is 6.12. The molecule has 1 atom stereocenters. The summed E-state index contributed by atoms with van der Waals surface area (Å²) >= 11 is 0. The Morgan fingerprint density at radius 2 is 1.68 bits per heavy atom. The molecule has 0 saturated carbocycles. The van der Waals surface area contributed by atoms with Crippen molar-refractivity contribution in [2.24, 2.45) is 0 Å². The van der Waals surface area contributed by atoms with Gasteiger partial charge in [0, 0.05) is 21.9 Å². The van der Waals surface area contributed by atoms with Crippen molar-refractivity contribution in [2.75, 3.05) is 14.1 Å². The first-order valence-corrected chi connectivity index (χ1v) is 8.87. The van der Waals surface area contributed by atoms with Crippen LogP contribution in [0.1, 0.15) is 58.6 Å². The molecule has 0 saturated heterocycles. The molecule has 0 bridgehead atoms. The number of halogens is 1. The normalized spacial score (nSPS) is 14.6. The summed E-state index contributed by atoms with van der Waals surface area (Å²) in [5.74, 6) is 0.392. The van der Waals surface area contributed by atoms with Crippen molar-refractivity contribution in [2.45, 2.75) is 51.7 Å². The van der Waals surface area contributed by atoms with Crippen LogP contribution in [0.5, 0.6) is 0 Å². The van der Waals surface area contributed by atoms with Gasteiger partial charge in [-0.15, -0.1) is 0 Å². The van der Waals surface area contributed by atoms with Gasteiger partial charge in [-0.25, -0.2) is 9.11 Å². The summed E-state index contributed by atoms with van der Waals surface area (Å²) in [5.41, 5.74) is 0.483. The van der Waals surface area contributed by atoms with Gasteiger partial charge in [0.2, 0.25) is 0 Å². The van der Waals surface area contributed by atoms with Crippen LogP contribution in [0.15, 0.2) is 24.3 Å². The molecule has 0 radical (unpaired) electrons. The number of nitrogens with zero attached hydrogens (tertiary/aromatic N) is 1. The zero-order chi connectivity index (χ0) is 17.1. The van der Waals surface area contributed by atoms with E-state index in [0.717, 1.165) is 5.56 Å². The van der Waals surface area contributed by atoms with Gasteiger partial charge in [0.1, 0.15) is 5.67 Å². The Hall–Kier alpha value is -0.980. The number of rotatable bonds is 7. The minimum atomic E-state index is -3.63. The van der Waals surface area contributed by atoms with Crippen LogP contribution >= 0.6 is 0 Å². The van der Waals surface area contributed by atoms with Gasteiger partial charge in [0.25, 0.3) is 10.2 Å². The molecule has 0 aliphatic rings. The van der Waals surface area contributed by atoms with Crippen LogP contribution in [0.4, 0.5) is 4.39 Å². The summed E-state index contributed by atoms with van der Waals surface area (Å²) in [6, 6.07) is 7.15. The van der Waals surface area contributed by atoms with E-state index in [9.17, 15) is 12.8 Å². The molecule has 1 N–H and O–H groups in total. The minimum absolute atomic E-state index is 0. The van der Waals surface area contributed by atoms with Gasteiger partial charge in [-0.05, 0) is 30.9 Å². The van der Waals surface area contributed by atoms with Crippen molar-refractivity contribution < 1.29 is 14.2 Å². The summed E-state index contributed by atoms with van der Waals surface area (Å²) in [6.07, 6.45) is 0.0887. The predicted octanol–water partition coefficient (Wildman–Crippen LogP) is 3.63. The summed E-state index contributed by atoms with van der Waals surface area (Å²) in [4.78, 5) is 0. The zero-order valence-electron chi connectivity index (χ0n) is 14.2. The number of hydrogen-bond donors (Lipinski definition) is 1. The molecule has 6 heteroatoms. The first-order valence-electron chi connectivity index (χ1n) is 7.43. The van der Waals surface area contributed by atoms with Gasteiger partial charge in [-0.1, -0.05) is 38.1 Å².